The van der Waals surface area contributed by atoms with Crippen molar-refractivity contribution >= 4 is 27.5 Å². The molecule has 2 aliphatic heterocycles. The Morgan fingerprint density at radius 2 is 1.96 bits per heavy atom. The summed E-state index contributed by atoms with van der Waals surface area (Å²) in [6, 6.07) is 1.33. The number of aromatic carboxylic acids is 1. The standard InChI is InChI=1S/C18H28N4O5S/c1-28(25,26)20-15-12-16(18(23)24)17(19-13-15)22-6-3-14(4-7-22)2-5-21-8-10-27-11-9-21/h12-14,20H,2-11H2,1H3,(H,23,24). The van der Waals surface area contributed by atoms with Crippen LogP contribution in [0.4, 0.5) is 11.5 Å². The molecule has 0 spiro atoms. The zero-order valence-corrected chi connectivity index (χ0v) is 16.9. The van der Waals surface area contributed by atoms with Crippen LogP contribution in [0.15, 0.2) is 12.3 Å². The Balaban J connectivity index is 1.59. The van der Waals surface area contributed by atoms with Crippen molar-refractivity contribution in [3.05, 3.63) is 17.8 Å². The number of piperidine rings is 1. The number of sulfonamides is 1. The van der Waals surface area contributed by atoms with Gasteiger partial charge in [-0.05, 0) is 37.8 Å². The van der Waals surface area contributed by atoms with Gasteiger partial charge in [0, 0.05) is 26.2 Å². The summed E-state index contributed by atoms with van der Waals surface area (Å²) in [7, 11) is -3.49. The second-order valence-corrected chi connectivity index (χ2v) is 9.20. The number of nitrogens with one attached hydrogen (secondary N) is 1. The van der Waals surface area contributed by atoms with Gasteiger partial charge < -0.3 is 14.7 Å². The molecule has 0 unspecified atom stereocenters. The van der Waals surface area contributed by atoms with Gasteiger partial charge in [0.2, 0.25) is 10.0 Å². The zero-order valence-electron chi connectivity index (χ0n) is 16.1. The fourth-order valence-corrected chi connectivity index (χ4v) is 4.30. The van der Waals surface area contributed by atoms with Gasteiger partial charge in [-0.1, -0.05) is 0 Å². The summed E-state index contributed by atoms with van der Waals surface area (Å²) in [4.78, 5) is 20.3. The number of rotatable bonds is 7. The lowest BCUT2D eigenvalue weighted by Gasteiger charge is -2.35. The van der Waals surface area contributed by atoms with E-state index in [0.717, 1.165) is 71.5 Å². The summed E-state index contributed by atoms with van der Waals surface area (Å²) in [5.74, 6) is -0.0918. The lowest BCUT2D eigenvalue weighted by molar-refractivity contribution is 0.0349. The first-order valence-electron chi connectivity index (χ1n) is 9.58. The van der Waals surface area contributed by atoms with Crippen molar-refractivity contribution in [3.8, 4) is 0 Å². The third-order valence-corrected chi connectivity index (χ3v) is 5.88. The second kappa shape index (κ2) is 9.06. The minimum absolute atomic E-state index is 0.0143. The highest BCUT2D eigenvalue weighted by Gasteiger charge is 2.25. The van der Waals surface area contributed by atoms with Crippen LogP contribution in [0.2, 0.25) is 0 Å². The third-order valence-electron chi connectivity index (χ3n) is 5.27. The average molecular weight is 413 g/mol. The van der Waals surface area contributed by atoms with E-state index in [1.807, 2.05) is 4.90 Å². The van der Waals surface area contributed by atoms with Crippen LogP contribution < -0.4 is 9.62 Å². The molecule has 0 bridgehead atoms. The smallest absolute Gasteiger partial charge is 0.339 e. The minimum atomic E-state index is -3.49. The van der Waals surface area contributed by atoms with Crippen molar-refractivity contribution in [2.24, 2.45) is 5.92 Å². The van der Waals surface area contributed by atoms with Crippen molar-refractivity contribution in [2.75, 3.05) is 61.8 Å². The normalized spacial score (nSPS) is 19.5. The van der Waals surface area contributed by atoms with Gasteiger partial charge in [-0.15, -0.1) is 0 Å². The van der Waals surface area contributed by atoms with Gasteiger partial charge in [0.25, 0.3) is 0 Å². The van der Waals surface area contributed by atoms with Gasteiger partial charge in [0.1, 0.15) is 11.4 Å². The summed E-state index contributed by atoms with van der Waals surface area (Å²) in [6.45, 7) is 6.20. The predicted molar refractivity (Wildman–Crippen MR) is 106 cm³/mol. The molecule has 0 aliphatic carbocycles. The minimum Gasteiger partial charge on any atom is -0.478 e. The Morgan fingerprint density at radius 1 is 1.29 bits per heavy atom. The zero-order chi connectivity index (χ0) is 20.1. The molecule has 3 rings (SSSR count). The van der Waals surface area contributed by atoms with Crippen LogP contribution in [0.1, 0.15) is 29.6 Å². The van der Waals surface area contributed by atoms with Gasteiger partial charge in [-0.25, -0.2) is 18.2 Å². The largest absolute Gasteiger partial charge is 0.478 e. The maximum absolute atomic E-state index is 11.7. The van der Waals surface area contributed by atoms with E-state index >= 15 is 0 Å². The molecule has 0 amide bonds. The van der Waals surface area contributed by atoms with Gasteiger partial charge in [-0.3, -0.25) is 9.62 Å². The summed E-state index contributed by atoms with van der Waals surface area (Å²) in [5.41, 5.74) is 0.171. The van der Waals surface area contributed by atoms with Crippen LogP contribution in [-0.2, 0) is 14.8 Å². The molecule has 2 saturated heterocycles. The Hall–Kier alpha value is -1.91. The number of pyridine rings is 1. The molecule has 156 valence electrons. The highest BCUT2D eigenvalue weighted by molar-refractivity contribution is 7.92. The van der Waals surface area contributed by atoms with Gasteiger partial charge in [-0.2, -0.15) is 0 Å². The predicted octanol–water partition coefficient (Wildman–Crippen LogP) is 1.09. The third kappa shape index (κ3) is 5.79. The monoisotopic (exact) mass is 412 g/mol. The van der Waals surface area contributed by atoms with E-state index in [1.54, 1.807) is 0 Å². The van der Waals surface area contributed by atoms with E-state index in [0.29, 0.717) is 11.7 Å². The summed E-state index contributed by atoms with van der Waals surface area (Å²) < 4.78 is 30.4. The van der Waals surface area contributed by atoms with Gasteiger partial charge >= 0.3 is 5.97 Å². The van der Waals surface area contributed by atoms with Crippen molar-refractivity contribution < 1.29 is 23.1 Å². The number of morpholine rings is 1. The lowest BCUT2D eigenvalue weighted by Crippen LogP contribution is -2.39. The summed E-state index contributed by atoms with van der Waals surface area (Å²) in [5, 5.41) is 9.54. The van der Waals surface area contributed by atoms with Crippen molar-refractivity contribution in [1.29, 1.82) is 0 Å². The number of ether oxygens (including phenoxy) is 1. The van der Waals surface area contributed by atoms with Crippen LogP contribution in [0, 0.1) is 5.92 Å². The lowest BCUT2D eigenvalue weighted by atomic mass is 9.93. The van der Waals surface area contributed by atoms with Crippen LogP contribution in [0.5, 0.6) is 0 Å². The Labute approximate surface area is 165 Å². The molecular formula is C18H28N4O5S. The highest BCUT2D eigenvalue weighted by atomic mass is 32.2. The molecule has 2 N–H and O–H groups in total. The first-order valence-corrected chi connectivity index (χ1v) is 11.5. The van der Waals surface area contributed by atoms with Crippen molar-refractivity contribution in [3.63, 3.8) is 0 Å². The molecule has 0 radical (unpaired) electrons. The number of hydrogen-bond donors (Lipinski definition) is 2. The van der Waals surface area contributed by atoms with Crippen LogP contribution in [0.25, 0.3) is 0 Å². The quantitative estimate of drug-likeness (QED) is 0.684. The SMILES string of the molecule is CS(=O)(=O)Nc1cnc(N2CCC(CCN3CCOCC3)CC2)c(C(=O)O)c1. The van der Waals surface area contributed by atoms with E-state index in [2.05, 4.69) is 14.6 Å². The second-order valence-electron chi connectivity index (χ2n) is 7.45. The molecule has 1 aromatic heterocycles. The van der Waals surface area contributed by atoms with Crippen molar-refractivity contribution in [1.82, 2.24) is 9.88 Å². The van der Waals surface area contributed by atoms with Gasteiger partial charge in [0.05, 0.1) is 31.4 Å². The molecule has 3 heterocycles. The molecular weight excluding hydrogens is 384 g/mol. The van der Waals surface area contributed by atoms with Crippen molar-refractivity contribution in [2.45, 2.75) is 19.3 Å². The number of carboxylic acids is 1. The van der Waals surface area contributed by atoms with E-state index in [-0.39, 0.29) is 11.3 Å². The van der Waals surface area contributed by atoms with Gasteiger partial charge in [0.15, 0.2) is 0 Å². The van der Waals surface area contributed by atoms with E-state index < -0.39 is 16.0 Å². The molecule has 10 heteroatoms. The Kier molecular flexibility index (Phi) is 6.73. The van der Waals surface area contributed by atoms with E-state index in [9.17, 15) is 18.3 Å². The molecule has 1 aromatic rings. The Bertz CT molecular complexity index is 787. The number of anilines is 2. The van der Waals surface area contributed by atoms with Crippen LogP contribution in [-0.4, -0.2) is 81.6 Å². The number of aromatic nitrogens is 1. The number of hydrogen-bond acceptors (Lipinski definition) is 7. The van der Waals surface area contributed by atoms with Crippen LogP contribution in [0.3, 0.4) is 0 Å². The first-order chi connectivity index (χ1) is 13.3. The topological polar surface area (TPSA) is 112 Å². The molecule has 0 aromatic carbocycles. The molecule has 0 saturated carbocycles. The van der Waals surface area contributed by atoms with Crippen LogP contribution >= 0.6 is 0 Å². The number of carboxylic acid groups (broad SMARTS) is 1. The molecule has 2 fully saturated rings. The summed E-state index contributed by atoms with van der Waals surface area (Å²) >= 11 is 0. The van der Waals surface area contributed by atoms with E-state index in [1.165, 1.54) is 12.3 Å². The fraction of sp³-hybridized carbons (Fsp3) is 0.667. The highest BCUT2D eigenvalue weighted by Crippen LogP contribution is 2.28. The maximum atomic E-state index is 11.7. The Morgan fingerprint density at radius 3 is 2.57 bits per heavy atom. The molecule has 0 atom stereocenters. The molecule has 9 nitrogen and oxygen atoms in total. The number of carbonyl (C=O) groups is 1. The average Bonchev–Trinajstić information content (AvgIpc) is 2.66. The molecule has 2 aliphatic rings. The number of nitrogens with zero attached hydrogens (tertiary/aromatic N) is 3. The summed E-state index contributed by atoms with van der Waals surface area (Å²) in [6.07, 6.45) is 5.52. The maximum Gasteiger partial charge on any atom is 0.339 e. The first kappa shape index (κ1) is 20.8. The fourth-order valence-electron chi connectivity index (χ4n) is 3.76. The van der Waals surface area contributed by atoms with E-state index in [4.69, 9.17) is 4.74 Å². The molecule has 28 heavy (non-hydrogen) atoms.